The lowest BCUT2D eigenvalue weighted by molar-refractivity contribution is -0.117. The lowest BCUT2D eigenvalue weighted by Crippen LogP contribution is -2.43. The van der Waals surface area contributed by atoms with Crippen LogP contribution < -0.4 is 5.32 Å². The maximum atomic E-state index is 12.3. The number of amidine groups is 1. The summed E-state index contributed by atoms with van der Waals surface area (Å²) in [6.07, 6.45) is 4.83. The summed E-state index contributed by atoms with van der Waals surface area (Å²) in [5.74, 6) is 0.173. The van der Waals surface area contributed by atoms with Crippen LogP contribution in [0.2, 0.25) is 0 Å². The van der Waals surface area contributed by atoms with Crippen molar-refractivity contribution in [3.8, 4) is 0 Å². The van der Waals surface area contributed by atoms with Crippen molar-refractivity contribution in [1.29, 1.82) is 0 Å². The predicted octanol–water partition coefficient (Wildman–Crippen LogP) is 0.331. The molecule has 0 radical (unpaired) electrons. The van der Waals surface area contributed by atoms with Crippen LogP contribution in [0.1, 0.15) is 20.8 Å². The molecule has 2 rings (SSSR count). The van der Waals surface area contributed by atoms with Gasteiger partial charge in [-0.2, -0.15) is 0 Å². The first kappa shape index (κ1) is 17.7. The molecule has 1 N–H and O–H groups in total. The van der Waals surface area contributed by atoms with E-state index in [0.717, 1.165) is 13.1 Å². The molecule has 0 aromatic carbocycles. The van der Waals surface area contributed by atoms with Crippen molar-refractivity contribution < 1.29 is 13.2 Å². The number of carbonyl (C=O) groups excluding carboxylic acids is 1. The maximum absolute atomic E-state index is 12.3. The number of carbonyl (C=O) groups is 1. The van der Waals surface area contributed by atoms with E-state index >= 15 is 0 Å². The van der Waals surface area contributed by atoms with E-state index in [0.29, 0.717) is 24.5 Å². The van der Waals surface area contributed by atoms with Crippen molar-refractivity contribution in [1.82, 2.24) is 15.1 Å². The SMILES string of the molecule is CCN(CC)C(C)CNC(=O)C1=CN2CCS(=O)(=O)N=C2C=C1. The third-order valence-electron chi connectivity index (χ3n) is 4.08. The summed E-state index contributed by atoms with van der Waals surface area (Å²) in [4.78, 5) is 16.2. The van der Waals surface area contributed by atoms with Crippen LogP contribution in [0.4, 0.5) is 0 Å². The van der Waals surface area contributed by atoms with Crippen molar-refractivity contribution in [3.05, 3.63) is 23.9 Å². The van der Waals surface area contributed by atoms with E-state index in [4.69, 9.17) is 0 Å². The van der Waals surface area contributed by atoms with Gasteiger partial charge in [0.1, 0.15) is 5.84 Å². The molecule has 0 aromatic heterocycles. The van der Waals surface area contributed by atoms with Gasteiger partial charge in [-0.25, -0.2) is 8.42 Å². The third kappa shape index (κ3) is 4.42. The van der Waals surface area contributed by atoms with Crippen LogP contribution in [0, 0.1) is 0 Å². The highest BCUT2D eigenvalue weighted by Gasteiger charge is 2.25. The Labute approximate surface area is 137 Å². The second-order valence-corrected chi connectivity index (χ2v) is 7.38. The molecule has 2 aliphatic rings. The number of hydrogen-bond acceptors (Lipinski definition) is 5. The second kappa shape index (κ2) is 7.27. The van der Waals surface area contributed by atoms with Crippen LogP contribution >= 0.6 is 0 Å². The average Bonchev–Trinajstić information content (AvgIpc) is 2.52. The minimum atomic E-state index is -3.37. The van der Waals surface area contributed by atoms with Crippen molar-refractivity contribution >= 4 is 21.8 Å². The maximum Gasteiger partial charge on any atom is 0.256 e. The smallest absolute Gasteiger partial charge is 0.256 e. The molecular weight excluding hydrogens is 316 g/mol. The number of nitrogens with zero attached hydrogens (tertiary/aromatic N) is 3. The summed E-state index contributed by atoms with van der Waals surface area (Å²) in [6.45, 7) is 9.05. The Balaban J connectivity index is 1.97. The number of fused-ring (bicyclic) bond motifs is 1. The Hall–Kier alpha value is -1.67. The second-order valence-electron chi connectivity index (χ2n) is 5.63. The van der Waals surface area contributed by atoms with Gasteiger partial charge in [0.15, 0.2) is 0 Å². The lowest BCUT2D eigenvalue weighted by atomic mass is 10.1. The largest absolute Gasteiger partial charge is 0.350 e. The molecule has 23 heavy (non-hydrogen) atoms. The van der Waals surface area contributed by atoms with Gasteiger partial charge < -0.3 is 10.2 Å². The molecule has 0 spiro atoms. The van der Waals surface area contributed by atoms with Crippen LogP contribution in [0.3, 0.4) is 0 Å². The molecule has 1 amide bonds. The van der Waals surface area contributed by atoms with Crippen LogP contribution in [-0.4, -0.2) is 67.9 Å². The van der Waals surface area contributed by atoms with E-state index in [9.17, 15) is 13.2 Å². The van der Waals surface area contributed by atoms with Crippen LogP contribution in [0.15, 0.2) is 28.3 Å². The first-order chi connectivity index (χ1) is 10.9. The van der Waals surface area contributed by atoms with E-state index in [1.54, 1.807) is 23.3 Å². The van der Waals surface area contributed by atoms with Crippen molar-refractivity contribution in [2.24, 2.45) is 4.40 Å². The van der Waals surface area contributed by atoms with Crippen LogP contribution in [0.25, 0.3) is 0 Å². The number of sulfonamides is 1. The summed E-state index contributed by atoms with van der Waals surface area (Å²) in [6, 6.07) is 0.263. The van der Waals surface area contributed by atoms with E-state index in [1.165, 1.54) is 0 Å². The van der Waals surface area contributed by atoms with Gasteiger partial charge in [0.05, 0.1) is 11.3 Å². The van der Waals surface area contributed by atoms with Crippen molar-refractivity contribution in [2.45, 2.75) is 26.8 Å². The van der Waals surface area contributed by atoms with E-state index in [1.807, 2.05) is 0 Å². The van der Waals surface area contributed by atoms with Crippen LogP contribution in [-0.2, 0) is 14.8 Å². The summed E-state index contributed by atoms with van der Waals surface area (Å²) < 4.78 is 26.6. The normalized spacial score (nSPS) is 20.6. The average molecular weight is 340 g/mol. The van der Waals surface area contributed by atoms with Gasteiger partial charge in [-0.3, -0.25) is 9.69 Å². The molecule has 128 valence electrons. The summed E-state index contributed by atoms with van der Waals surface area (Å²) in [7, 11) is -3.37. The molecule has 2 aliphatic heterocycles. The molecule has 8 heteroatoms. The first-order valence-corrected chi connectivity index (χ1v) is 9.48. The van der Waals surface area contributed by atoms with Gasteiger partial charge >= 0.3 is 0 Å². The Morgan fingerprint density at radius 1 is 1.39 bits per heavy atom. The molecule has 0 bridgehead atoms. The summed E-state index contributed by atoms with van der Waals surface area (Å²) in [5, 5.41) is 2.93. The zero-order valence-corrected chi connectivity index (χ0v) is 14.6. The monoisotopic (exact) mass is 340 g/mol. The van der Waals surface area contributed by atoms with Gasteiger partial charge in [-0.1, -0.05) is 13.8 Å². The van der Waals surface area contributed by atoms with Gasteiger partial charge in [0.2, 0.25) is 0 Å². The standard InChI is InChI=1S/C15H24N4O3S/c1-4-18(5-2)12(3)10-16-15(20)13-6-7-14-17-23(21,22)9-8-19(14)11-13/h6-7,11-12H,4-5,8-10H2,1-3H3,(H,16,20). The van der Waals surface area contributed by atoms with Crippen LogP contribution in [0.5, 0.6) is 0 Å². The molecule has 1 atom stereocenters. The molecule has 0 fully saturated rings. The minimum absolute atomic E-state index is 0.0330. The fourth-order valence-corrected chi connectivity index (χ4v) is 3.62. The molecule has 7 nitrogen and oxygen atoms in total. The Bertz CT molecular complexity index is 648. The highest BCUT2D eigenvalue weighted by atomic mass is 32.2. The molecule has 1 unspecified atom stereocenters. The molecule has 0 aliphatic carbocycles. The van der Waals surface area contributed by atoms with Gasteiger partial charge in [-0.15, -0.1) is 4.40 Å². The number of nitrogens with one attached hydrogen (secondary N) is 1. The molecule has 0 aromatic rings. The summed E-state index contributed by atoms with van der Waals surface area (Å²) in [5.41, 5.74) is 0.509. The van der Waals surface area contributed by atoms with E-state index in [2.05, 4.69) is 35.4 Å². The molecule has 0 saturated carbocycles. The number of hydrogen-bond donors (Lipinski definition) is 1. The zero-order valence-electron chi connectivity index (χ0n) is 13.8. The highest BCUT2D eigenvalue weighted by Crippen LogP contribution is 2.15. The topological polar surface area (TPSA) is 82.1 Å². The van der Waals surface area contributed by atoms with Crippen molar-refractivity contribution in [3.63, 3.8) is 0 Å². The summed E-state index contributed by atoms with van der Waals surface area (Å²) >= 11 is 0. The molecule has 0 saturated heterocycles. The van der Waals surface area contributed by atoms with E-state index in [-0.39, 0.29) is 17.7 Å². The van der Waals surface area contributed by atoms with Gasteiger partial charge in [-0.05, 0) is 32.2 Å². The zero-order chi connectivity index (χ0) is 17.0. The van der Waals surface area contributed by atoms with Gasteiger partial charge in [0, 0.05) is 25.3 Å². The minimum Gasteiger partial charge on any atom is -0.350 e. The Morgan fingerprint density at radius 3 is 2.74 bits per heavy atom. The molecular formula is C15H24N4O3S. The Morgan fingerprint density at radius 2 is 2.09 bits per heavy atom. The van der Waals surface area contributed by atoms with Gasteiger partial charge in [0.25, 0.3) is 15.9 Å². The predicted molar refractivity (Wildman–Crippen MR) is 90.5 cm³/mol. The fraction of sp³-hybridized carbons (Fsp3) is 0.600. The quantitative estimate of drug-likeness (QED) is 0.753. The van der Waals surface area contributed by atoms with Crippen molar-refractivity contribution in [2.75, 3.05) is 31.9 Å². The fourth-order valence-electron chi connectivity index (χ4n) is 2.65. The third-order valence-corrected chi connectivity index (χ3v) is 5.24. The highest BCUT2D eigenvalue weighted by molar-refractivity contribution is 7.90. The van der Waals surface area contributed by atoms with E-state index < -0.39 is 10.0 Å². The first-order valence-electron chi connectivity index (χ1n) is 7.87. The Kier molecular flexibility index (Phi) is 5.59. The lowest BCUT2D eigenvalue weighted by Gasteiger charge is -2.28. The molecule has 2 heterocycles. The number of likely N-dealkylation sites (N-methyl/N-ethyl adjacent to an activating group) is 1. The number of amides is 1. The number of rotatable bonds is 6.